The number of nitrogens with zero attached hydrogens (tertiary/aromatic N) is 1. The van der Waals surface area contributed by atoms with Gasteiger partial charge in [0, 0.05) is 32.7 Å². The van der Waals surface area contributed by atoms with Gasteiger partial charge in [-0.25, -0.2) is 0 Å². The second-order valence-electron chi connectivity index (χ2n) is 4.52. The van der Waals surface area contributed by atoms with E-state index in [0.717, 1.165) is 11.3 Å². The van der Waals surface area contributed by atoms with Crippen LogP contribution in [0.15, 0.2) is 24.3 Å². The van der Waals surface area contributed by atoms with Crippen molar-refractivity contribution in [1.82, 2.24) is 5.32 Å². The Bertz CT molecular complexity index is 487. The Morgan fingerprint density at radius 1 is 1.42 bits per heavy atom. The van der Waals surface area contributed by atoms with Gasteiger partial charge < -0.3 is 10.1 Å². The van der Waals surface area contributed by atoms with Crippen molar-refractivity contribution in [3.63, 3.8) is 0 Å². The van der Waals surface area contributed by atoms with Gasteiger partial charge in [-0.05, 0) is 11.6 Å². The number of carbonyl (C=O) groups is 2. The fraction of sp³-hybridized carbons (Fsp3) is 0.429. The van der Waals surface area contributed by atoms with Crippen molar-refractivity contribution in [1.29, 1.82) is 0 Å². The van der Waals surface area contributed by atoms with E-state index in [1.54, 1.807) is 12.0 Å². The molecule has 0 saturated carbocycles. The molecule has 0 bridgehead atoms. The molecule has 0 spiro atoms. The van der Waals surface area contributed by atoms with Crippen LogP contribution < -0.4 is 10.2 Å². The van der Waals surface area contributed by atoms with Crippen LogP contribution in [0.4, 0.5) is 5.69 Å². The van der Waals surface area contributed by atoms with E-state index in [1.807, 2.05) is 24.3 Å². The molecule has 1 aliphatic heterocycles. The lowest BCUT2D eigenvalue weighted by Crippen LogP contribution is -2.48. The zero-order valence-corrected chi connectivity index (χ0v) is 11.2. The van der Waals surface area contributed by atoms with Gasteiger partial charge in [-0.2, -0.15) is 0 Å². The number of hydrogen-bond donors (Lipinski definition) is 1. The van der Waals surface area contributed by atoms with Crippen molar-refractivity contribution < 1.29 is 14.3 Å². The molecule has 1 N–H and O–H groups in total. The number of fused-ring (bicyclic) bond motifs is 1. The Morgan fingerprint density at radius 3 is 2.84 bits per heavy atom. The van der Waals surface area contributed by atoms with Crippen molar-refractivity contribution in [2.45, 2.75) is 19.4 Å². The highest BCUT2D eigenvalue weighted by atomic mass is 16.5. The first kappa shape index (κ1) is 13.5. The van der Waals surface area contributed by atoms with Crippen LogP contribution in [0.2, 0.25) is 0 Å². The number of para-hydroxylation sites is 1. The zero-order valence-electron chi connectivity index (χ0n) is 11.2. The van der Waals surface area contributed by atoms with Crippen LogP contribution >= 0.6 is 0 Å². The van der Waals surface area contributed by atoms with Gasteiger partial charge in [-0.15, -0.1) is 0 Å². The number of rotatable bonds is 4. The summed E-state index contributed by atoms with van der Waals surface area (Å²) in [5.74, 6) is -0.250. The average molecular weight is 262 g/mol. The van der Waals surface area contributed by atoms with Crippen molar-refractivity contribution in [2.24, 2.45) is 0 Å². The second kappa shape index (κ2) is 5.84. The third-order valence-electron chi connectivity index (χ3n) is 3.22. The highest BCUT2D eigenvalue weighted by molar-refractivity contribution is 6.02. The van der Waals surface area contributed by atoms with Gasteiger partial charge in [0.1, 0.15) is 6.04 Å². The number of anilines is 1. The lowest BCUT2D eigenvalue weighted by Gasteiger charge is -2.23. The zero-order chi connectivity index (χ0) is 13.8. The van der Waals surface area contributed by atoms with E-state index in [2.05, 4.69) is 5.32 Å². The maximum absolute atomic E-state index is 12.1. The van der Waals surface area contributed by atoms with Gasteiger partial charge in [-0.3, -0.25) is 14.5 Å². The minimum atomic E-state index is -0.452. The molecule has 1 aliphatic rings. The summed E-state index contributed by atoms with van der Waals surface area (Å²) in [6.45, 7) is 2.40. The average Bonchev–Trinajstić information content (AvgIpc) is 2.78. The molecule has 0 fully saturated rings. The third-order valence-corrected chi connectivity index (χ3v) is 3.22. The molecule has 2 rings (SSSR count). The van der Waals surface area contributed by atoms with Crippen LogP contribution in [0, 0.1) is 0 Å². The normalized spacial score (nSPS) is 17.2. The highest BCUT2D eigenvalue weighted by Crippen LogP contribution is 2.31. The van der Waals surface area contributed by atoms with Crippen molar-refractivity contribution in [2.75, 3.05) is 25.2 Å². The first-order valence-electron chi connectivity index (χ1n) is 6.29. The molecule has 2 amide bonds. The summed E-state index contributed by atoms with van der Waals surface area (Å²) in [5, 5.41) is 2.79. The van der Waals surface area contributed by atoms with Gasteiger partial charge in [0.25, 0.3) is 0 Å². The molecule has 0 aromatic heterocycles. The fourth-order valence-electron chi connectivity index (χ4n) is 2.38. The van der Waals surface area contributed by atoms with Crippen LogP contribution in [0.5, 0.6) is 0 Å². The molecular weight excluding hydrogens is 244 g/mol. The number of carbonyl (C=O) groups excluding carboxylic acids is 2. The maximum Gasteiger partial charge on any atom is 0.243 e. The molecule has 1 atom stereocenters. The Balaban J connectivity index is 2.14. The molecule has 0 saturated heterocycles. The predicted octanol–water partition coefficient (Wildman–Crippen LogP) is 0.727. The number of nitrogens with one attached hydrogen (secondary N) is 1. The molecule has 0 radical (unpaired) electrons. The second-order valence-corrected chi connectivity index (χ2v) is 4.52. The Hall–Kier alpha value is -1.88. The van der Waals surface area contributed by atoms with E-state index in [1.165, 1.54) is 6.92 Å². The molecule has 102 valence electrons. The number of methoxy groups -OCH3 is 1. The summed E-state index contributed by atoms with van der Waals surface area (Å²) in [6, 6.07) is 7.17. The van der Waals surface area contributed by atoms with E-state index < -0.39 is 6.04 Å². The van der Waals surface area contributed by atoms with Crippen molar-refractivity contribution in [3.8, 4) is 0 Å². The maximum atomic E-state index is 12.1. The quantitative estimate of drug-likeness (QED) is 0.814. The van der Waals surface area contributed by atoms with Gasteiger partial charge in [0.05, 0.1) is 6.61 Å². The molecule has 1 aromatic rings. The molecule has 1 heterocycles. The van der Waals surface area contributed by atoms with Crippen LogP contribution in [0.3, 0.4) is 0 Å². The van der Waals surface area contributed by atoms with Crippen LogP contribution in [-0.2, 0) is 20.7 Å². The highest BCUT2D eigenvalue weighted by Gasteiger charge is 2.36. The standard InChI is InChI=1S/C14H18N2O3/c1-10(17)16-12-6-4-3-5-11(12)9-13(16)14(18)15-7-8-19-2/h3-6,13H,7-9H2,1-2H3,(H,15,18)/t13-/m0/s1. The number of hydrogen-bond acceptors (Lipinski definition) is 3. The summed E-state index contributed by atoms with van der Waals surface area (Å²) < 4.78 is 4.90. The minimum absolute atomic E-state index is 0.114. The minimum Gasteiger partial charge on any atom is -0.383 e. The molecule has 0 aliphatic carbocycles. The summed E-state index contributed by atoms with van der Waals surface area (Å²) in [4.78, 5) is 25.5. The molecule has 19 heavy (non-hydrogen) atoms. The van der Waals surface area contributed by atoms with Crippen molar-refractivity contribution >= 4 is 17.5 Å². The smallest absolute Gasteiger partial charge is 0.243 e. The van der Waals surface area contributed by atoms with Crippen LogP contribution in [-0.4, -0.2) is 38.1 Å². The summed E-state index contributed by atoms with van der Waals surface area (Å²) in [6.07, 6.45) is 0.564. The third kappa shape index (κ3) is 2.76. The first-order chi connectivity index (χ1) is 9.15. The molecule has 5 heteroatoms. The SMILES string of the molecule is COCCNC(=O)[C@@H]1Cc2ccccc2N1C(C)=O. The first-order valence-corrected chi connectivity index (χ1v) is 6.29. The molecule has 0 unspecified atom stereocenters. The van der Waals surface area contributed by atoms with E-state index in [0.29, 0.717) is 19.6 Å². The Kier molecular flexibility index (Phi) is 4.16. The number of benzene rings is 1. The van der Waals surface area contributed by atoms with E-state index in [9.17, 15) is 9.59 Å². The molecular formula is C14H18N2O3. The number of ether oxygens (including phenoxy) is 1. The lowest BCUT2D eigenvalue weighted by atomic mass is 10.1. The van der Waals surface area contributed by atoms with Gasteiger partial charge in [0.15, 0.2) is 0 Å². The molecule has 5 nitrogen and oxygen atoms in total. The van der Waals surface area contributed by atoms with Crippen molar-refractivity contribution in [3.05, 3.63) is 29.8 Å². The van der Waals surface area contributed by atoms with Gasteiger partial charge in [0.2, 0.25) is 11.8 Å². The predicted molar refractivity (Wildman–Crippen MR) is 72.0 cm³/mol. The summed E-state index contributed by atoms with van der Waals surface area (Å²) >= 11 is 0. The van der Waals surface area contributed by atoms with E-state index >= 15 is 0 Å². The van der Waals surface area contributed by atoms with Gasteiger partial charge >= 0.3 is 0 Å². The summed E-state index contributed by atoms with van der Waals surface area (Å²) in [5.41, 5.74) is 1.87. The van der Waals surface area contributed by atoms with Crippen LogP contribution in [0.25, 0.3) is 0 Å². The van der Waals surface area contributed by atoms with E-state index in [4.69, 9.17) is 4.74 Å². The largest absolute Gasteiger partial charge is 0.383 e. The fourth-order valence-corrected chi connectivity index (χ4v) is 2.38. The Morgan fingerprint density at radius 2 is 2.16 bits per heavy atom. The Labute approximate surface area is 112 Å². The topological polar surface area (TPSA) is 58.6 Å². The van der Waals surface area contributed by atoms with Crippen LogP contribution in [0.1, 0.15) is 12.5 Å². The van der Waals surface area contributed by atoms with E-state index in [-0.39, 0.29) is 11.8 Å². The number of amides is 2. The molecule has 1 aromatic carbocycles. The monoisotopic (exact) mass is 262 g/mol. The lowest BCUT2D eigenvalue weighted by molar-refractivity contribution is -0.125. The summed E-state index contributed by atoms with van der Waals surface area (Å²) in [7, 11) is 1.58. The van der Waals surface area contributed by atoms with Gasteiger partial charge in [-0.1, -0.05) is 18.2 Å².